The molecule has 0 radical (unpaired) electrons. The Labute approximate surface area is 173 Å². The van der Waals surface area contributed by atoms with E-state index >= 15 is 0 Å². The number of halogens is 1. The van der Waals surface area contributed by atoms with Crippen LogP contribution in [0.1, 0.15) is 32.4 Å². The molecule has 2 aromatic carbocycles. The first-order valence-electron chi connectivity index (χ1n) is 9.03. The molecular weight excluding hydrogens is 394 g/mol. The molecule has 3 aromatic rings. The molecule has 0 aliphatic heterocycles. The first-order valence-corrected chi connectivity index (χ1v) is 10.3. The fourth-order valence-electron chi connectivity index (χ4n) is 2.85. The summed E-state index contributed by atoms with van der Waals surface area (Å²) in [6, 6.07) is 12.6. The second-order valence-corrected chi connectivity index (χ2v) is 8.56. The number of aromatic nitrogens is 2. The van der Waals surface area contributed by atoms with Crippen molar-refractivity contribution in [3.63, 3.8) is 0 Å². The Bertz CT molecular complexity index is 1090. The Kier molecular flexibility index (Phi) is 6.10. The van der Waals surface area contributed by atoms with Gasteiger partial charge in [-0.2, -0.15) is 0 Å². The van der Waals surface area contributed by atoms with Gasteiger partial charge >= 0.3 is 0 Å². The van der Waals surface area contributed by atoms with E-state index in [1.807, 2.05) is 45.0 Å². The van der Waals surface area contributed by atoms with E-state index in [1.165, 1.54) is 11.8 Å². The highest BCUT2D eigenvalue weighted by Crippen LogP contribution is 2.27. The molecular formula is C21H22ClN3O2S. The molecule has 0 bridgehead atoms. The fourth-order valence-corrected chi connectivity index (χ4v) is 4.07. The molecule has 28 heavy (non-hydrogen) atoms. The summed E-state index contributed by atoms with van der Waals surface area (Å²) in [6.07, 6.45) is 0. The number of fused-ring (bicyclic) bond motifs is 1. The molecule has 0 aliphatic carbocycles. The van der Waals surface area contributed by atoms with Crippen LogP contribution in [-0.2, 0) is 4.79 Å². The second kappa shape index (κ2) is 8.37. The van der Waals surface area contributed by atoms with Gasteiger partial charge in [-0.05, 0) is 57.5 Å². The first-order chi connectivity index (χ1) is 13.3. The summed E-state index contributed by atoms with van der Waals surface area (Å²) < 4.78 is 1.64. The van der Waals surface area contributed by atoms with Gasteiger partial charge in [0.25, 0.3) is 5.56 Å². The lowest BCUT2D eigenvalue weighted by atomic mass is 10.2. The molecule has 1 atom stereocenters. The predicted octanol–water partition coefficient (Wildman–Crippen LogP) is 5.06. The van der Waals surface area contributed by atoms with Crippen LogP contribution in [-0.4, -0.2) is 20.7 Å². The summed E-state index contributed by atoms with van der Waals surface area (Å²) in [7, 11) is 0. The van der Waals surface area contributed by atoms with Gasteiger partial charge in [-0.15, -0.1) is 0 Å². The second-order valence-electron chi connectivity index (χ2n) is 6.84. The predicted molar refractivity (Wildman–Crippen MR) is 117 cm³/mol. The van der Waals surface area contributed by atoms with Gasteiger partial charge in [-0.1, -0.05) is 41.6 Å². The third-order valence-corrected chi connectivity index (χ3v) is 5.94. The highest BCUT2D eigenvalue weighted by molar-refractivity contribution is 8.00. The topological polar surface area (TPSA) is 64.0 Å². The van der Waals surface area contributed by atoms with Crippen LogP contribution in [0.15, 0.2) is 52.4 Å². The SMILES string of the molecule is Cc1c(Cl)cccc1NC(=O)[C@@H](C)Sc1nc2ccccc2c(=O)n1C(C)C. The van der Waals surface area contributed by atoms with Crippen LogP contribution in [0.4, 0.5) is 5.69 Å². The molecule has 0 unspecified atom stereocenters. The monoisotopic (exact) mass is 415 g/mol. The molecule has 5 nitrogen and oxygen atoms in total. The Balaban J connectivity index is 1.91. The Morgan fingerprint density at radius 2 is 1.86 bits per heavy atom. The minimum absolute atomic E-state index is 0.0717. The van der Waals surface area contributed by atoms with Crippen molar-refractivity contribution in [1.82, 2.24) is 9.55 Å². The van der Waals surface area contributed by atoms with Crippen molar-refractivity contribution in [2.24, 2.45) is 0 Å². The van der Waals surface area contributed by atoms with Crippen molar-refractivity contribution in [2.45, 2.75) is 44.1 Å². The summed E-state index contributed by atoms with van der Waals surface area (Å²) in [6.45, 7) is 7.52. The molecule has 1 N–H and O–H groups in total. The number of hydrogen-bond donors (Lipinski definition) is 1. The van der Waals surface area contributed by atoms with Crippen molar-refractivity contribution < 1.29 is 4.79 Å². The van der Waals surface area contributed by atoms with Crippen LogP contribution >= 0.6 is 23.4 Å². The summed E-state index contributed by atoms with van der Waals surface area (Å²) in [5.74, 6) is -0.173. The minimum atomic E-state index is -0.448. The number of hydrogen-bond acceptors (Lipinski definition) is 4. The Morgan fingerprint density at radius 3 is 2.57 bits per heavy atom. The van der Waals surface area contributed by atoms with E-state index in [-0.39, 0.29) is 17.5 Å². The zero-order valence-corrected chi connectivity index (χ0v) is 17.8. The molecule has 3 rings (SSSR count). The molecule has 0 saturated heterocycles. The highest BCUT2D eigenvalue weighted by Gasteiger charge is 2.21. The van der Waals surface area contributed by atoms with Gasteiger partial charge < -0.3 is 5.32 Å². The van der Waals surface area contributed by atoms with E-state index < -0.39 is 5.25 Å². The van der Waals surface area contributed by atoms with E-state index in [0.29, 0.717) is 26.8 Å². The number of nitrogens with one attached hydrogen (secondary N) is 1. The normalized spacial score (nSPS) is 12.4. The number of carbonyl (C=O) groups excluding carboxylic acids is 1. The van der Waals surface area contributed by atoms with Crippen molar-refractivity contribution >= 4 is 45.9 Å². The molecule has 146 valence electrons. The quantitative estimate of drug-likeness (QED) is 0.467. The number of para-hydroxylation sites is 1. The van der Waals surface area contributed by atoms with E-state index in [0.717, 1.165) is 5.56 Å². The Hall–Kier alpha value is -2.31. The maximum absolute atomic E-state index is 12.9. The number of nitrogens with zero attached hydrogens (tertiary/aromatic N) is 2. The molecule has 1 heterocycles. The van der Waals surface area contributed by atoms with Gasteiger partial charge in [0.05, 0.1) is 16.2 Å². The molecule has 0 fully saturated rings. The molecule has 0 aliphatic rings. The lowest BCUT2D eigenvalue weighted by Gasteiger charge is -2.19. The summed E-state index contributed by atoms with van der Waals surface area (Å²) in [5, 5.41) is 4.17. The van der Waals surface area contributed by atoms with Crippen molar-refractivity contribution in [3.05, 3.63) is 63.4 Å². The fraction of sp³-hybridized carbons (Fsp3) is 0.286. The number of anilines is 1. The van der Waals surface area contributed by atoms with Crippen LogP contribution in [0.5, 0.6) is 0 Å². The van der Waals surface area contributed by atoms with Gasteiger partial charge in [0, 0.05) is 16.8 Å². The minimum Gasteiger partial charge on any atom is -0.325 e. The van der Waals surface area contributed by atoms with Crippen LogP contribution < -0.4 is 10.9 Å². The van der Waals surface area contributed by atoms with Crippen LogP contribution in [0.2, 0.25) is 5.02 Å². The number of rotatable bonds is 5. The van der Waals surface area contributed by atoms with Crippen LogP contribution in [0.3, 0.4) is 0 Å². The molecule has 1 amide bonds. The summed E-state index contributed by atoms with van der Waals surface area (Å²) in [4.78, 5) is 30.3. The van der Waals surface area contributed by atoms with E-state index in [1.54, 1.807) is 29.7 Å². The van der Waals surface area contributed by atoms with E-state index in [4.69, 9.17) is 11.6 Å². The molecule has 0 spiro atoms. The van der Waals surface area contributed by atoms with Crippen molar-refractivity contribution in [1.29, 1.82) is 0 Å². The van der Waals surface area contributed by atoms with Crippen LogP contribution in [0, 0.1) is 6.92 Å². The summed E-state index contributed by atoms with van der Waals surface area (Å²) in [5.41, 5.74) is 2.03. The standard InChI is InChI=1S/C21H22ClN3O2S/c1-12(2)25-20(27)15-8-5-6-10-18(15)24-21(25)28-14(4)19(26)23-17-11-7-9-16(22)13(17)3/h5-12,14H,1-4H3,(H,23,26)/t14-/m1/s1. The van der Waals surface area contributed by atoms with Crippen molar-refractivity contribution in [3.8, 4) is 0 Å². The zero-order chi connectivity index (χ0) is 20.4. The number of thioether (sulfide) groups is 1. The maximum atomic E-state index is 12.9. The third kappa shape index (κ3) is 4.08. The maximum Gasteiger partial charge on any atom is 0.262 e. The van der Waals surface area contributed by atoms with Crippen LogP contribution in [0.25, 0.3) is 10.9 Å². The Morgan fingerprint density at radius 1 is 1.14 bits per heavy atom. The lowest BCUT2D eigenvalue weighted by molar-refractivity contribution is -0.115. The first kappa shape index (κ1) is 20.4. The van der Waals surface area contributed by atoms with E-state index in [2.05, 4.69) is 10.3 Å². The molecule has 1 aromatic heterocycles. The van der Waals surface area contributed by atoms with E-state index in [9.17, 15) is 9.59 Å². The number of amides is 1. The number of carbonyl (C=O) groups is 1. The van der Waals surface area contributed by atoms with Crippen molar-refractivity contribution in [2.75, 3.05) is 5.32 Å². The molecule has 7 heteroatoms. The van der Waals surface area contributed by atoms with Gasteiger partial charge in [0.2, 0.25) is 5.91 Å². The average Bonchev–Trinajstić information content (AvgIpc) is 2.65. The lowest BCUT2D eigenvalue weighted by Crippen LogP contribution is -2.28. The van der Waals surface area contributed by atoms with Gasteiger partial charge in [0.15, 0.2) is 5.16 Å². The number of benzene rings is 2. The largest absolute Gasteiger partial charge is 0.325 e. The smallest absolute Gasteiger partial charge is 0.262 e. The zero-order valence-electron chi connectivity index (χ0n) is 16.2. The van der Waals surface area contributed by atoms with Gasteiger partial charge in [-0.25, -0.2) is 4.98 Å². The third-order valence-electron chi connectivity index (χ3n) is 4.47. The summed E-state index contributed by atoms with van der Waals surface area (Å²) >= 11 is 7.40. The molecule has 0 saturated carbocycles. The highest BCUT2D eigenvalue weighted by atomic mass is 35.5. The van der Waals surface area contributed by atoms with Gasteiger partial charge in [-0.3, -0.25) is 14.2 Å². The average molecular weight is 416 g/mol. The van der Waals surface area contributed by atoms with Gasteiger partial charge in [0.1, 0.15) is 0 Å².